The SMILES string of the molecule is COc1cc(C=C(C#N)c2ccc3c(c2)OCO3)ccc1OCCCCCCCCCCCOC(=O)c1cc(N)cc(N)c1. The number of anilines is 2. The number of rotatable bonds is 17. The number of carbonyl (C=O) groups is 1. The van der Waals surface area contributed by atoms with Gasteiger partial charge in [0, 0.05) is 11.4 Å². The van der Waals surface area contributed by atoms with Gasteiger partial charge in [-0.1, -0.05) is 51.0 Å². The summed E-state index contributed by atoms with van der Waals surface area (Å²) in [6, 6.07) is 18.2. The summed E-state index contributed by atoms with van der Waals surface area (Å²) in [6.07, 6.45) is 11.6. The maximum atomic E-state index is 12.1. The van der Waals surface area contributed by atoms with Gasteiger partial charge in [0.15, 0.2) is 23.0 Å². The summed E-state index contributed by atoms with van der Waals surface area (Å²) in [5, 5.41) is 9.74. The van der Waals surface area contributed by atoms with Crippen molar-refractivity contribution < 1.29 is 28.5 Å². The van der Waals surface area contributed by atoms with E-state index >= 15 is 0 Å². The fourth-order valence-corrected chi connectivity index (χ4v) is 4.97. The van der Waals surface area contributed by atoms with Gasteiger partial charge in [-0.25, -0.2) is 4.79 Å². The van der Waals surface area contributed by atoms with Gasteiger partial charge in [-0.15, -0.1) is 0 Å². The third-order valence-electron chi connectivity index (χ3n) is 7.30. The normalized spacial score (nSPS) is 12.0. The first kappa shape index (κ1) is 32.1. The van der Waals surface area contributed by atoms with Crippen LogP contribution in [0.25, 0.3) is 11.6 Å². The third kappa shape index (κ3) is 9.60. The van der Waals surface area contributed by atoms with Gasteiger partial charge in [0.05, 0.1) is 37.5 Å². The molecule has 9 heteroatoms. The average molecular weight is 600 g/mol. The van der Waals surface area contributed by atoms with Crippen LogP contribution in [-0.2, 0) is 4.74 Å². The summed E-state index contributed by atoms with van der Waals surface area (Å²) in [7, 11) is 1.61. The summed E-state index contributed by atoms with van der Waals surface area (Å²) < 4.78 is 27.7. The molecule has 1 aliphatic rings. The molecule has 4 N–H and O–H groups in total. The lowest BCUT2D eigenvalue weighted by Crippen LogP contribution is -2.07. The van der Waals surface area contributed by atoms with Crippen LogP contribution in [0.1, 0.15) is 79.3 Å². The van der Waals surface area contributed by atoms with E-state index in [2.05, 4.69) is 6.07 Å². The Morgan fingerprint density at radius 1 is 0.795 bits per heavy atom. The molecular formula is C35H41N3O6. The summed E-state index contributed by atoms with van der Waals surface area (Å²) in [5.41, 5.74) is 14.9. The quantitative estimate of drug-likeness (QED) is 0.0534. The van der Waals surface area contributed by atoms with Crippen molar-refractivity contribution in [3.8, 4) is 29.1 Å². The van der Waals surface area contributed by atoms with E-state index < -0.39 is 0 Å². The number of nitriles is 1. The van der Waals surface area contributed by atoms with Gasteiger partial charge in [0.1, 0.15) is 0 Å². The summed E-state index contributed by atoms with van der Waals surface area (Å²) in [5.74, 6) is 2.25. The molecule has 0 saturated carbocycles. The van der Waals surface area contributed by atoms with Crippen LogP contribution in [0.5, 0.6) is 23.0 Å². The zero-order valence-corrected chi connectivity index (χ0v) is 25.3. The maximum Gasteiger partial charge on any atom is 0.338 e. The molecule has 3 aromatic carbocycles. The number of nitrogen functional groups attached to an aromatic ring is 2. The minimum atomic E-state index is -0.386. The largest absolute Gasteiger partial charge is 0.493 e. The number of carbonyl (C=O) groups excluding carboxylic acids is 1. The lowest BCUT2D eigenvalue weighted by molar-refractivity contribution is 0.0497. The third-order valence-corrected chi connectivity index (χ3v) is 7.30. The minimum absolute atomic E-state index is 0.191. The highest BCUT2D eigenvalue weighted by molar-refractivity contribution is 5.92. The molecular weight excluding hydrogens is 558 g/mol. The minimum Gasteiger partial charge on any atom is -0.493 e. The molecule has 232 valence electrons. The molecule has 0 amide bonds. The van der Waals surface area contributed by atoms with E-state index in [-0.39, 0.29) is 12.8 Å². The summed E-state index contributed by atoms with van der Waals surface area (Å²) >= 11 is 0. The van der Waals surface area contributed by atoms with Crippen molar-refractivity contribution in [3.05, 3.63) is 71.3 Å². The van der Waals surface area contributed by atoms with Crippen molar-refractivity contribution in [1.82, 2.24) is 0 Å². The highest BCUT2D eigenvalue weighted by atomic mass is 16.7. The fraction of sp³-hybridized carbons (Fsp3) is 0.371. The van der Waals surface area contributed by atoms with Gasteiger partial charge in [-0.2, -0.15) is 5.26 Å². The Morgan fingerprint density at radius 3 is 2.14 bits per heavy atom. The lowest BCUT2D eigenvalue weighted by Gasteiger charge is -2.11. The van der Waals surface area contributed by atoms with Crippen molar-refractivity contribution in [2.75, 3.05) is 38.6 Å². The Kier molecular flexibility index (Phi) is 12.2. The predicted molar refractivity (Wildman–Crippen MR) is 172 cm³/mol. The Balaban J connectivity index is 1.07. The van der Waals surface area contributed by atoms with Crippen LogP contribution in [0.4, 0.5) is 11.4 Å². The van der Waals surface area contributed by atoms with Gasteiger partial charge in [0.25, 0.3) is 0 Å². The van der Waals surface area contributed by atoms with Crippen LogP contribution in [0, 0.1) is 11.3 Å². The highest BCUT2D eigenvalue weighted by Crippen LogP contribution is 2.35. The van der Waals surface area contributed by atoms with Gasteiger partial charge in [-0.05, 0) is 78.6 Å². The van der Waals surface area contributed by atoms with E-state index in [1.807, 2.05) is 42.5 Å². The van der Waals surface area contributed by atoms with Crippen LogP contribution >= 0.6 is 0 Å². The lowest BCUT2D eigenvalue weighted by atomic mass is 10.0. The van der Waals surface area contributed by atoms with E-state index in [9.17, 15) is 10.1 Å². The summed E-state index contributed by atoms with van der Waals surface area (Å²) in [4.78, 5) is 12.1. The molecule has 0 radical (unpaired) electrons. The van der Waals surface area contributed by atoms with Gasteiger partial charge >= 0.3 is 5.97 Å². The molecule has 3 aromatic rings. The maximum absolute atomic E-state index is 12.1. The van der Waals surface area contributed by atoms with Crippen molar-refractivity contribution in [2.45, 2.75) is 57.8 Å². The number of allylic oxidation sites excluding steroid dienone is 1. The number of nitrogens with zero attached hydrogens (tertiary/aromatic N) is 1. The van der Waals surface area contributed by atoms with Gasteiger partial charge < -0.3 is 35.2 Å². The topological polar surface area (TPSA) is 139 Å². The highest BCUT2D eigenvalue weighted by Gasteiger charge is 2.15. The van der Waals surface area contributed by atoms with Gasteiger partial charge in [0.2, 0.25) is 6.79 Å². The van der Waals surface area contributed by atoms with Gasteiger partial charge in [-0.3, -0.25) is 0 Å². The molecule has 0 unspecified atom stereocenters. The molecule has 0 saturated heterocycles. The Labute approximate surface area is 259 Å². The van der Waals surface area contributed by atoms with Crippen LogP contribution in [0.15, 0.2) is 54.6 Å². The molecule has 0 bridgehead atoms. The van der Waals surface area contributed by atoms with Crippen molar-refractivity contribution in [3.63, 3.8) is 0 Å². The number of benzene rings is 3. The molecule has 0 aromatic heterocycles. The van der Waals surface area contributed by atoms with E-state index in [0.717, 1.165) is 43.2 Å². The number of hydrogen-bond donors (Lipinski definition) is 2. The van der Waals surface area contributed by atoms with E-state index in [1.54, 1.807) is 25.3 Å². The van der Waals surface area contributed by atoms with E-state index in [4.69, 9.17) is 35.2 Å². The fourth-order valence-electron chi connectivity index (χ4n) is 4.97. The molecule has 44 heavy (non-hydrogen) atoms. The Hall–Kier alpha value is -4.84. The first-order chi connectivity index (χ1) is 21.5. The number of fused-ring (bicyclic) bond motifs is 1. The number of unbranched alkanes of at least 4 members (excludes halogenated alkanes) is 8. The molecule has 0 atom stereocenters. The zero-order chi connectivity index (χ0) is 31.1. The van der Waals surface area contributed by atoms with Crippen molar-refractivity contribution in [2.24, 2.45) is 0 Å². The second-order valence-corrected chi connectivity index (χ2v) is 10.7. The summed E-state index contributed by atoms with van der Waals surface area (Å²) in [6.45, 7) is 1.21. The molecule has 0 spiro atoms. The monoisotopic (exact) mass is 599 g/mol. The van der Waals surface area contributed by atoms with E-state index in [1.165, 1.54) is 25.7 Å². The molecule has 4 rings (SSSR count). The molecule has 0 aliphatic carbocycles. The molecule has 1 aliphatic heterocycles. The second kappa shape index (κ2) is 16.7. The Bertz CT molecular complexity index is 1460. The molecule has 9 nitrogen and oxygen atoms in total. The number of hydrogen-bond acceptors (Lipinski definition) is 9. The van der Waals surface area contributed by atoms with Crippen molar-refractivity contribution in [1.29, 1.82) is 5.26 Å². The molecule has 0 fully saturated rings. The van der Waals surface area contributed by atoms with E-state index in [0.29, 0.717) is 58.7 Å². The average Bonchev–Trinajstić information content (AvgIpc) is 3.50. The van der Waals surface area contributed by atoms with Crippen molar-refractivity contribution >= 4 is 29.0 Å². The van der Waals surface area contributed by atoms with Crippen LogP contribution < -0.4 is 30.4 Å². The zero-order valence-electron chi connectivity index (χ0n) is 25.3. The molecule has 1 heterocycles. The Morgan fingerprint density at radius 2 is 1.45 bits per heavy atom. The van der Waals surface area contributed by atoms with Crippen LogP contribution in [0.3, 0.4) is 0 Å². The smallest absolute Gasteiger partial charge is 0.338 e. The number of esters is 1. The standard InChI is InChI=1S/C35H41N3O6/c1-40-33-18-25(17-28(23-36)26-12-14-32-34(21-26)44-24-43-32)11-13-31(33)41-15-9-7-5-3-2-4-6-8-10-16-42-35(39)27-19-29(37)22-30(38)20-27/h11-14,17-22H,2-10,15-16,24,37-38H2,1H3. The predicted octanol–water partition coefficient (Wildman–Crippen LogP) is 7.40. The number of ether oxygens (including phenoxy) is 5. The first-order valence-electron chi connectivity index (χ1n) is 15.1. The number of methoxy groups -OCH3 is 1. The van der Waals surface area contributed by atoms with Crippen LogP contribution in [0.2, 0.25) is 0 Å². The number of nitrogens with two attached hydrogens (primary N) is 2. The van der Waals surface area contributed by atoms with Crippen LogP contribution in [-0.4, -0.2) is 33.1 Å². The first-order valence-corrected chi connectivity index (χ1v) is 15.1. The second-order valence-electron chi connectivity index (χ2n) is 10.7.